The summed E-state index contributed by atoms with van der Waals surface area (Å²) in [6, 6.07) is 0. The lowest BCUT2D eigenvalue weighted by atomic mass is 10.0. The average molecular weight is 198 g/mol. The highest BCUT2D eigenvalue weighted by molar-refractivity contribution is 5.39. The minimum atomic E-state index is -0.198. The number of hydrogen-bond acceptors (Lipinski definition) is 4. The molecule has 4 nitrogen and oxygen atoms in total. The quantitative estimate of drug-likeness (QED) is 0.487. The van der Waals surface area contributed by atoms with Crippen molar-refractivity contribution in [3.63, 3.8) is 0 Å². The van der Waals surface area contributed by atoms with E-state index < -0.39 is 0 Å². The molecule has 1 saturated heterocycles. The van der Waals surface area contributed by atoms with Crippen LogP contribution in [0.1, 0.15) is 13.3 Å². The third kappa shape index (κ3) is 1.55. The zero-order valence-electron chi connectivity index (χ0n) is 8.14. The Morgan fingerprint density at radius 3 is 3.14 bits per heavy atom. The fraction of sp³-hybridized carbons (Fsp3) is 0.700. The van der Waals surface area contributed by atoms with Gasteiger partial charge in [0.25, 0.3) is 6.47 Å². The molecule has 1 saturated carbocycles. The highest BCUT2D eigenvalue weighted by Gasteiger charge is 2.43. The standard InChI is InChI=1S/C10H14O4/c1-6-8-4-12-7(2)14-10(8)3-9(6)13-5-11/h5,7-10H,1,3-4H2,2H3/t7-,8-,9-,10-/m0/s1. The van der Waals surface area contributed by atoms with Gasteiger partial charge in [-0.3, -0.25) is 4.79 Å². The van der Waals surface area contributed by atoms with Crippen LogP contribution in [0.2, 0.25) is 0 Å². The summed E-state index contributed by atoms with van der Waals surface area (Å²) in [5.74, 6) is 0.177. The molecule has 2 rings (SSSR count). The average Bonchev–Trinajstić information content (AvgIpc) is 2.44. The van der Waals surface area contributed by atoms with Gasteiger partial charge in [0.05, 0.1) is 12.7 Å². The zero-order valence-corrected chi connectivity index (χ0v) is 8.14. The molecule has 0 radical (unpaired) electrons. The molecule has 0 N–H and O–H groups in total. The first kappa shape index (κ1) is 9.68. The lowest BCUT2D eigenvalue weighted by molar-refractivity contribution is -0.215. The fourth-order valence-corrected chi connectivity index (χ4v) is 2.10. The molecule has 1 aliphatic heterocycles. The van der Waals surface area contributed by atoms with Gasteiger partial charge in [-0.25, -0.2) is 0 Å². The van der Waals surface area contributed by atoms with E-state index in [9.17, 15) is 4.79 Å². The summed E-state index contributed by atoms with van der Waals surface area (Å²) in [6.45, 7) is 6.87. The smallest absolute Gasteiger partial charge is 0.293 e. The van der Waals surface area contributed by atoms with Crippen molar-refractivity contribution in [2.75, 3.05) is 6.61 Å². The Bertz CT molecular complexity index is 251. The first-order chi connectivity index (χ1) is 6.72. The van der Waals surface area contributed by atoms with Crippen LogP contribution in [-0.4, -0.2) is 31.6 Å². The molecule has 4 atom stereocenters. The van der Waals surface area contributed by atoms with E-state index in [4.69, 9.17) is 14.2 Å². The van der Waals surface area contributed by atoms with Gasteiger partial charge >= 0.3 is 0 Å². The molecule has 1 aliphatic carbocycles. The number of carbonyl (C=O) groups excluding carboxylic acids is 1. The van der Waals surface area contributed by atoms with Crippen LogP contribution in [0.3, 0.4) is 0 Å². The molecule has 0 aromatic heterocycles. The summed E-state index contributed by atoms with van der Waals surface area (Å²) in [4.78, 5) is 10.2. The van der Waals surface area contributed by atoms with Crippen molar-refractivity contribution >= 4 is 6.47 Å². The highest BCUT2D eigenvalue weighted by atomic mass is 16.7. The second kappa shape index (κ2) is 3.71. The lowest BCUT2D eigenvalue weighted by Crippen LogP contribution is -2.35. The van der Waals surface area contributed by atoms with E-state index >= 15 is 0 Å². The molecule has 0 bridgehead atoms. The van der Waals surface area contributed by atoms with Crippen molar-refractivity contribution in [3.8, 4) is 0 Å². The van der Waals surface area contributed by atoms with E-state index in [1.165, 1.54) is 0 Å². The van der Waals surface area contributed by atoms with Crippen LogP contribution in [0.4, 0.5) is 0 Å². The summed E-state index contributed by atoms with van der Waals surface area (Å²) in [7, 11) is 0. The Labute approximate surface area is 82.8 Å². The summed E-state index contributed by atoms with van der Waals surface area (Å²) < 4.78 is 15.9. The van der Waals surface area contributed by atoms with Crippen molar-refractivity contribution in [2.45, 2.75) is 31.8 Å². The van der Waals surface area contributed by atoms with E-state index in [1.54, 1.807) is 0 Å². The van der Waals surface area contributed by atoms with E-state index in [-0.39, 0.29) is 24.4 Å². The molecule has 1 heterocycles. The van der Waals surface area contributed by atoms with Gasteiger partial charge in [0.1, 0.15) is 6.10 Å². The molecule has 0 spiro atoms. The van der Waals surface area contributed by atoms with Crippen LogP contribution in [0.25, 0.3) is 0 Å². The summed E-state index contributed by atoms with van der Waals surface area (Å²) in [5.41, 5.74) is 0.911. The monoisotopic (exact) mass is 198 g/mol. The normalized spacial score (nSPS) is 41.9. The van der Waals surface area contributed by atoms with E-state index in [2.05, 4.69) is 6.58 Å². The second-order valence-corrected chi connectivity index (χ2v) is 3.71. The van der Waals surface area contributed by atoms with Crippen molar-refractivity contribution in [2.24, 2.45) is 5.92 Å². The lowest BCUT2D eigenvalue weighted by Gasteiger charge is -2.30. The summed E-state index contributed by atoms with van der Waals surface area (Å²) in [6.07, 6.45) is 0.433. The number of fused-ring (bicyclic) bond motifs is 1. The van der Waals surface area contributed by atoms with Gasteiger partial charge in [-0.2, -0.15) is 0 Å². The highest BCUT2D eigenvalue weighted by Crippen LogP contribution is 2.37. The molecule has 78 valence electrons. The molecule has 0 amide bonds. The Morgan fingerprint density at radius 1 is 1.64 bits per heavy atom. The number of carbonyl (C=O) groups is 1. The van der Waals surface area contributed by atoms with Crippen molar-refractivity contribution in [1.29, 1.82) is 0 Å². The van der Waals surface area contributed by atoms with Gasteiger partial charge in [-0.1, -0.05) is 6.58 Å². The predicted molar refractivity (Wildman–Crippen MR) is 48.5 cm³/mol. The van der Waals surface area contributed by atoms with Crippen molar-refractivity contribution in [3.05, 3.63) is 12.2 Å². The van der Waals surface area contributed by atoms with Crippen LogP contribution in [0, 0.1) is 5.92 Å². The van der Waals surface area contributed by atoms with Gasteiger partial charge in [-0.05, 0) is 12.5 Å². The number of ether oxygens (including phenoxy) is 3. The van der Waals surface area contributed by atoms with Gasteiger partial charge in [-0.15, -0.1) is 0 Å². The van der Waals surface area contributed by atoms with Crippen LogP contribution < -0.4 is 0 Å². The number of rotatable bonds is 2. The molecular weight excluding hydrogens is 184 g/mol. The fourth-order valence-electron chi connectivity index (χ4n) is 2.10. The third-order valence-corrected chi connectivity index (χ3v) is 2.88. The first-order valence-electron chi connectivity index (χ1n) is 4.77. The number of hydrogen-bond donors (Lipinski definition) is 0. The molecule has 0 aromatic carbocycles. The minimum Gasteiger partial charge on any atom is -0.460 e. The third-order valence-electron chi connectivity index (χ3n) is 2.88. The Hall–Kier alpha value is -0.870. The maximum absolute atomic E-state index is 10.2. The molecule has 0 aromatic rings. The molecule has 4 heteroatoms. The van der Waals surface area contributed by atoms with Gasteiger partial charge in [0.2, 0.25) is 0 Å². The largest absolute Gasteiger partial charge is 0.460 e. The van der Waals surface area contributed by atoms with Gasteiger partial charge < -0.3 is 14.2 Å². The predicted octanol–water partition coefficient (Wildman–Crippen LogP) is 0.865. The maximum atomic E-state index is 10.2. The van der Waals surface area contributed by atoms with Crippen LogP contribution in [0.5, 0.6) is 0 Å². The van der Waals surface area contributed by atoms with Crippen molar-refractivity contribution < 1.29 is 19.0 Å². The maximum Gasteiger partial charge on any atom is 0.293 e. The van der Waals surface area contributed by atoms with Gasteiger partial charge in [0, 0.05) is 12.3 Å². The minimum absolute atomic E-state index is 0.0937. The molecular formula is C10H14O4. The van der Waals surface area contributed by atoms with Crippen LogP contribution >= 0.6 is 0 Å². The molecule has 0 unspecified atom stereocenters. The van der Waals surface area contributed by atoms with E-state index in [1.807, 2.05) is 6.92 Å². The second-order valence-electron chi connectivity index (χ2n) is 3.71. The molecule has 2 fully saturated rings. The van der Waals surface area contributed by atoms with Crippen molar-refractivity contribution in [1.82, 2.24) is 0 Å². The summed E-state index contributed by atoms with van der Waals surface area (Å²) >= 11 is 0. The van der Waals surface area contributed by atoms with E-state index in [0.29, 0.717) is 19.5 Å². The van der Waals surface area contributed by atoms with Gasteiger partial charge in [0.15, 0.2) is 6.29 Å². The van der Waals surface area contributed by atoms with E-state index in [0.717, 1.165) is 5.57 Å². The van der Waals surface area contributed by atoms with Crippen LogP contribution in [-0.2, 0) is 19.0 Å². The topological polar surface area (TPSA) is 44.8 Å². The Morgan fingerprint density at radius 2 is 2.43 bits per heavy atom. The SMILES string of the molecule is C=C1[C@@H](OC=O)C[C@@H]2O[C@@H](C)OC[C@@H]12. The van der Waals surface area contributed by atoms with Crippen LogP contribution in [0.15, 0.2) is 12.2 Å². The Kier molecular flexibility index (Phi) is 2.56. The molecule has 2 aliphatic rings. The first-order valence-corrected chi connectivity index (χ1v) is 4.77. The summed E-state index contributed by atoms with van der Waals surface area (Å²) in [5, 5.41) is 0. The zero-order chi connectivity index (χ0) is 10.1. The Balaban J connectivity index is 2.04. The molecule has 14 heavy (non-hydrogen) atoms.